The zero-order valence-corrected chi connectivity index (χ0v) is 14.5. The first-order chi connectivity index (χ1) is 12.9. The second-order valence-corrected chi connectivity index (χ2v) is 5.63. The van der Waals surface area contributed by atoms with Crippen LogP contribution in [0.25, 0.3) is 10.9 Å². The molecule has 0 spiro atoms. The van der Waals surface area contributed by atoms with Crippen molar-refractivity contribution >= 4 is 22.4 Å². The molecule has 0 N–H and O–H groups in total. The van der Waals surface area contributed by atoms with Gasteiger partial charge in [-0.2, -0.15) is 0 Å². The SMILES string of the molecule is COc1ccc(C(=O)Cn2cnc3cc([N+](=O)[O-])ccc3c2=O)cc1OC. The molecule has 2 aromatic carbocycles. The summed E-state index contributed by atoms with van der Waals surface area (Å²) in [6, 6.07) is 8.49. The number of nitrogens with zero attached hydrogens (tertiary/aromatic N) is 3. The van der Waals surface area contributed by atoms with Gasteiger partial charge in [-0.05, 0) is 24.3 Å². The molecule has 9 heteroatoms. The first kappa shape index (κ1) is 18.1. The summed E-state index contributed by atoms with van der Waals surface area (Å²) in [5.74, 6) is 0.570. The van der Waals surface area contributed by atoms with Gasteiger partial charge in [0.25, 0.3) is 11.2 Å². The van der Waals surface area contributed by atoms with Gasteiger partial charge in [-0.15, -0.1) is 0 Å². The second kappa shape index (κ2) is 7.24. The van der Waals surface area contributed by atoms with Crippen LogP contribution < -0.4 is 15.0 Å². The minimum Gasteiger partial charge on any atom is -0.493 e. The lowest BCUT2D eigenvalue weighted by Crippen LogP contribution is -2.24. The number of carbonyl (C=O) groups is 1. The molecule has 9 nitrogen and oxygen atoms in total. The topological polar surface area (TPSA) is 114 Å². The van der Waals surface area contributed by atoms with E-state index in [0.717, 1.165) is 4.57 Å². The number of Topliss-reactive ketones (excluding diaryl/α,β-unsaturated/α-hetero) is 1. The molecule has 0 fully saturated rings. The van der Waals surface area contributed by atoms with Gasteiger partial charge < -0.3 is 9.47 Å². The van der Waals surface area contributed by atoms with Crippen molar-refractivity contribution in [3.8, 4) is 11.5 Å². The van der Waals surface area contributed by atoms with E-state index < -0.39 is 10.5 Å². The summed E-state index contributed by atoms with van der Waals surface area (Å²) in [5, 5.41) is 11.0. The summed E-state index contributed by atoms with van der Waals surface area (Å²) in [6.45, 7) is -0.228. The van der Waals surface area contributed by atoms with Crippen molar-refractivity contribution in [3.63, 3.8) is 0 Å². The zero-order valence-electron chi connectivity index (χ0n) is 14.5. The summed E-state index contributed by atoms with van der Waals surface area (Å²) in [4.78, 5) is 39.4. The van der Waals surface area contributed by atoms with Gasteiger partial charge in [-0.25, -0.2) is 4.98 Å². The number of rotatable bonds is 6. The van der Waals surface area contributed by atoms with Crippen LogP contribution >= 0.6 is 0 Å². The molecule has 1 heterocycles. The van der Waals surface area contributed by atoms with Crippen LogP contribution in [0.2, 0.25) is 0 Å². The van der Waals surface area contributed by atoms with Crippen LogP contribution in [-0.2, 0) is 6.54 Å². The summed E-state index contributed by atoms with van der Waals surface area (Å²) >= 11 is 0. The predicted molar refractivity (Wildman–Crippen MR) is 96.5 cm³/mol. The lowest BCUT2D eigenvalue weighted by molar-refractivity contribution is -0.384. The summed E-state index contributed by atoms with van der Waals surface area (Å²) in [7, 11) is 2.95. The van der Waals surface area contributed by atoms with Crippen molar-refractivity contribution in [2.75, 3.05) is 14.2 Å². The Balaban J connectivity index is 1.93. The minimum absolute atomic E-state index is 0.159. The molecule has 1 aromatic heterocycles. The molecule has 0 aliphatic rings. The van der Waals surface area contributed by atoms with Gasteiger partial charge in [0.05, 0.1) is 42.9 Å². The van der Waals surface area contributed by atoms with E-state index in [1.165, 1.54) is 44.8 Å². The van der Waals surface area contributed by atoms with Gasteiger partial charge in [0.2, 0.25) is 0 Å². The molecule has 0 unspecified atom stereocenters. The Morgan fingerprint density at radius 3 is 2.56 bits per heavy atom. The molecule has 0 radical (unpaired) electrons. The van der Waals surface area contributed by atoms with E-state index in [9.17, 15) is 19.7 Å². The third kappa shape index (κ3) is 3.47. The van der Waals surface area contributed by atoms with Crippen molar-refractivity contribution in [2.24, 2.45) is 0 Å². The molecule has 0 aliphatic heterocycles. The Morgan fingerprint density at radius 1 is 1.15 bits per heavy atom. The van der Waals surface area contributed by atoms with Crippen LogP contribution in [0.5, 0.6) is 11.5 Å². The van der Waals surface area contributed by atoms with E-state index in [0.29, 0.717) is 17.1 Å². The summed E-state index contributed by atoms with van der Waals surface area (Å²) in [6.07, 6.45) is 1.20. The number of hydrogen-bond acceptors (Lipinski definition) is 7. The number of hydrogen-bond donors (Lipinski definition) is 0. The predicted octanol–water partition coefficient (Wildman–Crippen LogP) is 2.20. The Hall–Kier alpha value is -3.75. The van der Waals surface area contributed by atoms with Crippen LogP contribution in [0.4, 0.5) is 5.69 Å². The van der Waals surface area contributed by atoms with Crippen molar-refractivity contribution < 1.29 is 19.2 Å². The summed E-state index contributed by atoms with van der Waals surface area (Å²) in [5.41, 5.74) is -0.0651. The lowest BCUT2D eigenvalue weighted by Gasteiger charge is -2.10. The third-order valence-corrected chi connectivity index (χ3v) is 4.04. The number of methoxy groups -OCH3 is 2. The number of benzene rings is 2. The molecular weight excluding hydrogens is 354 g/mol. The second-order valence-electron chi connectivity index (χ2n) is 5.63. The van der Waals surface area contributed by atoms with Gasteiger partial charge >= 0.3 is 0 Å². The maximum absolute atomic E-state index is 12.6. The first-order valence-corrected chi connectivity index (χ1v) is 7.83. The van der Waals surface area contributed by atoms with E-state index in [1.54, 1.807) is 12.1 Å². The number of non-ortho nitro benzene ring substituents is 1. The van der Waals surface area contributed by atoms with Crippen LogP contribution in [-0.4, -0.2) is 34.5 Å². The Labute approximate surface area is 152 Å². The van der Waals surface area contributed by atoms with Crippen LogP contribution in [0, 0.1) is 10.1 Å². The molecule has 0 bridgehead atoms. The number of ether oxygens (including phenoxy) is 2. The molecule has 3 aromatic rings. The fraction of sp³-hybridized carbons (Fsp3) is 0.167. The van der Waals surface area contributed by atoms with Gasteiger partial charge in [0, 0.05) is 17.7 Å². The fourth-order valence-corrected chi connectivity index (χ4v) is 2.63. The van der Waals surface area contributed by atoms with Crippen molar-refractivity contribution in [1.29, 1.82) is 0 Å². The van der Waals surface area contributed by atoms with Crippen LogP contribution in [0.3, 0.4) is 0 Å². The van der Waals surface area contributed by atoms with Crippen molar-refractivity contribution in [2.45, 2.75) is 6.54 Å². The zero-order chi connectivity index (χ0) is 19.6. The maximum atomic E-state index is 12.6. The lowest BCUT2D eigenvalue weighted by atomic mass is 10.1. The minimum atomic E-state index is -0.562. The van der Waals surface area contributed by atoms with Gasteiger partial charge in [0.15, 0.2) is 17.3 Å². The standard InChI is InChI=1S/C18H15N3O6/c1-26-16-6-3-11(7-17(16)27-2)15(22)9-20-10-19-14-8-12(21(24)25)4-5-13(14)18(20)23/h3-8,10H,9H2,1-2H3. The normalized spacial score (nSPS) is 10.6. The molecule has 138 valence electrons. The van der Waals surface area contributed by atoms with Gasteiger partial charge in [-0.1, -0.05) is 0 Å². The Kier molecular flexibility index (Phi) is 4.84. The molecule has 0 saturated carbocycles. The molecular formula is C18H15N3O6. The van der Waals surface area contributed by atoms with Crippen LogP contribution in [0.1, 0.15) is 10.4 Å². The molecule has 0 aliphatic carbocycles. The largest absolute Gasteiger partial charge is 0.493 e. The average molecular weight is 369 g/mol. The molecule has 0 atom stereocenters. The number of fused-ring (bicyclic) bond motifs is 1. The number of nitro benzene ring substituents is 1. The smallest absolute Gasteiger partial charge is 0.271 e. The maximum Gasteiger partial charge on any atom is 0.271 e. The molecule has 0 saturated heterocycles. The summed E-state index contributed by atoms with van der Waals surface area (Å²) < 4.78 is 11.5. The monoisotopic (exact) mass is 369 g/mol. The van der Waals surface area contributed by atoms with E-state index in [2.05, 4.69) is 4.98 Å². The first-order valence-electron chi connectivity index (χ1n) is 7.83. The van der Waals surface area contributed by atoms with Gasteiger partial charge in [-0.3, -0.25) is 24.3 Å². The third-order valence-electron chi connectivity index (χ3n) is 4.04. The number of carbonyl (C=O) groups excluding carboxylic acids is 1. The number of ketones is 1. The van der Waals surface area contributed by atoms with Crippen molar-refractivity contribution in [3.05, 3.63) is 68.8 Å². The van der Waals surface area contributed by atoms with Crippen LogP contribution in [0.15, 0.2) is 47.5 Å². The highest BCUT2D eigenvalue weighted by molar-refractivity contribution is 5.96. The Morgan fingerprint density at radius 2 is 1.89 bits per heavy atom. The molecule has 3 rings (SSSR count). The quantitative estimate of drug-likeness (QED) is 0.372. The number of nitro groups is 1. The van der Waals surface area contributed by atoms with Gasteiger partial charge in [0.1, 0.15) is 0 Å². The highest BCUT2D eigenvalue weighted by atomic mass is 16.6. The van der Waals surface area contributed by atoms with E-state index in [1.807, 2.05) is 0 Å². The van der Waals surface area contributed by atoms with E-state index in [-0.39, 0.29) is 28.9 Å². The highest BCUT2D eigenvalue weighted by Gasteiger charge is 2.14. The van der Waals surface area contributed by atoms with E-state index in [4.69, 9.17) is 9.47 Å². The fourth-order valence-electron chi connectivity index (χ4n) is 2.63. The van der Waals surface area contributed by atoms with E-state index >= 15 is 0 Å². The number of aromatic nitrogens is 2. The molecule has 0 amide bonds. The Bertz CT molecular complexity index is 1110. The highest BCUT2D eigenvalue weighted by Crippen LogP contribution is 2.27. The molecule has 27 heavy (non-hydrogen) atoms. The average Bonchev–Trinajstić information content (AvgIpc) is 2.69. The van der Waals surface area contributed by atoms with Crippen molar-refractivity contribution in [1.82, 2.24) is 9.55 Å².